The third-order valence-corrected chi connectivity index (χ3v) is 4.07. The molecule has 0 radical (unpaired) electrons. The number of carbonyl (C=O) groups is 1. The fourth-order valence-corrected chi connectivity index (χ4v) is 2.79. The molecule has 0 fully saturated rings. The second-order valence-corrected chi connectivity index (χ2v) is 6.09. The highest BCUT2D eigenvalue weighted by Gasteiger charge is 2.27. The van der Waals surface area contributed by atoms with E-state index in [2.05, 4.69) is 10.2 Å². The number of alkyl halides is 1. The molecule has 2 heterocycles. The Kier molecular flexibility index (Phi) is 4.30. The second kappa shape index (κ2) is 6.23. The summed E-state index contributed by atoms with van der Waals surface area (Å²) in [5, 5.41) is 7.46. The summed E-state index contributed by atoms with van der Waals surface area (Å²) in [6, 6.07) is 3.76. The number of hydrogen-bond donors (Lipinski definition) is 0. The molecule has 0 bridgehead atoms. The lowest BCUT2D eigenvalue weighted by Crippen LogP contribution is -2.41. The van der Waals surface area contributed by atoms with Crippen LogP contribution in [0.4, 0.5) is 8.78 Å². The SMILES string of the molecule is CC(Cl)C(=O)N1CCn2c(Cc3c(F)cccc3F)nnc2C1. The summed E-state index contributed by atoms with van der Waals surface area (Å²) < 4.78 is 29.3. The molecular weight excluding hydrogens is 326 g/mol. The molecule has 1 aliphatic rings. The van der Waals surface area contributed by atoms with Gasteiger partial charge >= 0.3 is 0 Å². The lowest BCUT2D eigenvalue weighted by Gasteiger charge is -2.28. The van der Waals surface area contributed by atoms with E-state index in [1.807, 2.05) is 0 Å². The quantitative estimate of drug-likeness (QED) is 0.804. The van der Waals surface area contributed by atoms with Crippen molar-refractivity contribution in [2.24, 2.45) is 0 Å². The number of rotatable bonds is 3. The van der Waals surface area contributed by atoms with Crippen molar-refractivity contribution in [3.8, 4) is 0 Å². The second-order valence-electron chi connectivity index (χ2n) is 5.44. The zero-order valence-corrected chi connectivity index (χ0v) is 13.2. The van der Waals surface area contributed by atoms with Crippen LogP contribution in [0.25, 0.3) is 0 Å². The highest BCUT2D eigenvalue weighted by Crippen LogP contribution is 2.19. The smallest absolute Gasteiger partial charge is 0.240 e. The molecule has 1 aromatic heterocycles. The van der Waals surface area contributed by atoms with Gasteiger partial charge in [0.2, 0.25) is 5.91 Å². The molecule has 0 spiro atoms. The Morgan fingerprint density at radius 3 is 2.65 bits per heavy atom. The molecule has 23 heavy (non-hydrogen) atoms. The highest BCUT2D eigenvalue weighted by molar-refractivity contribution is 6.30. The minimum Gasteiger partial charge on any atom is -0.332 e. The number of benzene rings is 1. The van der Waals surface area contributed by atoms with E-state index in [1.165, 1.54) is 18.2 Å². The largest absolute Gasteiger partial charge is 0.332 e. The molecule has 1 unspecified atom stereocenters. The van der Waals surface area contributed by atoms with Gasteiger partial charge in [-0.05, 0) is 19.1 Å². The molecular formula is C15H15ClF2N4O. The van der Waals surface area contributed by atoms with Crippen molar-refractivity contribution in [1.82, 2.24) is 19.7 Å². The Hall–Kier alpha value is -2.02. The number of hydrogen-bond acceptors (Lipinski definition) is 3. The van der Waals surface area contributed by atoms with Crippen LogP contribution in [0.5, 0.6) is 0 Å². The molecule has 1 amide bonds. The van der Waals surface area contributed by atoms with Crippen molar-refractivity contribution in [1.29, 1.82) is 0 Å². The first-order chi connectivity index (χ1) is 11.0. The average Bonchev–Trinajstić information content (AvgIpc) is 2.92. The molecule has 2 aromatic rings. The van der Waals surface area contributed by atoms with Crippen LogP contribution in [0.15, 0.2) is 18.2 Å². The number of amides is 1. The Morgan fingerprint density at radius 2 is 2.00 bits per heavy atom. The summed E-state index contributed by atoms with van der Waals surface area (Å²) in [7, 11) is 0. The lowest BCUT2D eigenvalue weighted by molar-refractivity contribution is -0.132. The summed E-state index contributed by atoms with van der Waals surface area (Å²) in [4.78, 5) is 13.5. The molecule has 1 atom stereocenters. The maximum Gasteiger partial charge on any atom is 0.240 e. The van der Waals surface area contributed by atoms with E-state index >= 15 is 0 Å². The fraction of sp³-hybridized carbons (Fsp3) is 0.400. The summed E-state index contributed by atoms with van der Waals surface area (Å²) in [5.74, 6) is -0.303. The molecule has 0 saturated heterocycles. The fourth-order valence-electron chi connectivity index (χ4n) is 2.65. The molecule has 1 aliphatic heterocycles. The molecule has 122 valence electrons. The Balaban J connectivity index is 1.82. The summed E-state index contributed by atoms with van der Waals surface area (Å²) in [5.41, 5.74) is -0.0319. The summed E-state index contributed by atoms with van der Waals surface area (Å²) in [6.07, 6.45) is 0.0192. The molecule has 8 heteroatoms. The van der Waals surface area contributed by atoms with Crippen LogP contribution < -0.4 is 0 Å². The molecule has 3 rings (SSSR count). The van der Waals surface area contributed by atoms with Gasteiger partial charge < -0.3 is 9.47 Å². The maximum atomic E-state index is 13.8. The Morgan fingerprint density at radius 1 is 1.30 bits per heavy atom. The van der Waals surface area contributed by atoms with Crippen LogP contribution in [0, 0.1) is 11.6 Å². The van der Waals surface area contributed by atoms with Crippen molar-refractivity contribution in [3.05, 3.63) is 47.0 Å². The van der Waals surface area contributed by atoms with Crippen molar-refractivity contribution in [3.63, 3.8) is 0 Å². The minimum absolute atomic E-state index is 0.0192. The zero-order valence-electron chi connectivity index (χ0n) is 12.5. The van der Waals surface area contributed by atoms with E-state index in [4.69, 9.17) is 11.6 Å². The van der Waals surface area contributed by atoms with Crippen LogP contribution >= 0.6 is 11.6 Å². The van der Waals surface area contributed by atoms with E-state index in [0.29, 0.717) is 31.3 Å². The molecule has 0 N–H and O–H groups in total. The van der Waals surface area contributed by atoms with Crippen LogP contribution in [-0.2, 0) is 24.3 Å². The van der Waals surface area contributed by atoms with Crippen LogP contribution in [0.1, 0.15) is 24.1 Å². The number of carbonyl (C=O) groups excluding carboxylic acids is 1. The van der Waals surface area contributed by atoms with Gasteiger partial charge in [-0.2, -0.15) is 0 Å². The van der Waals surface area contributed by atoms with Crippen molar-refractivity contribution in [2.45, 2.75) is 31.8 Å². The van der Waals surface area contributed by atoms with E-state index in [9.17, 15) is 13.6 Å². The van der Waals surface area contributed by atoms with Gasteiger partial charge in [0.05, 0.1) is 6.54 Å². The standard InChI is InChI=1S/C15H15ClF2N4O/c1-9(16)15(23)21-5-6-22-13(19-20-14(22)8-21)7-10-11(17)3-2-4-12(10)18/h2-4,9H,5-8H2,1H3. The van der Waals surface area contributed by atoms with E-state index in [-0.39, 0.29) is 17.9 Å². The number of fused-ring (bicyclic) bond motifs is 1. The van der Waals surface area contributed by atoms with Gasteiger partial charge in [0.25, 0.3) is 0 Å². The number of halogens is 3. The average molecular weight is 341 g/mol. The van der Waals surface area contributed by atoms with Crippen LogP contribution in [-0.4, -0.2) is 37.5 Å². The third kappa shape index (κ3) is 3.06. The first kappa shape index (κ1) is 15.9. The maximum absolute atomic E-state index is 13.8. The van der Waals surface area contributed by atoms with Gasteiger partial charge in [-0.1, -0.05) is 6.07 Å². The normalized spacial score (nSPS) is 15.4. The van der Waals surface area contributed by atoms with Crippen LogP contribution in [0.3, 0.4) is 0 Å². The first-order valence-electron chi connectivity index (χ1n) is 7.24. The van der Waals surface area contributed by atoms with E-state index < -0.39 is 17.0 Å². The summed E-state index contributed by atoms with van der Waals surface area (Å²) in [6.45, 7) is 2.86. The van der Waals surface area contributed by atoms with Gasteiger partial charge in [-0.3, -0.25) is 4.79 Å². The Labute approximate surface area is 136 Å². The lowest BCUT2D eigenvalue weighted by atomic mass is 10.1. The zero-order chi connectivity index (χ0) is 16.6. The number of nitrogens with zero attached hydrogens (tertiary/aromatic N) is 4. The van der Waals surface area contributed by atoms with E-state index in [0.717, 1.165) is 0 Å². The topological polar surface area (TPSA) is 51.0 Å². The molecule has 0 saturated carbocycles. The van der Waals surface area contributed by atoms with Crippen molar-refractivity contribution in [2.75, 3.05) is 6.54 Å². The first-order valence-corrected chi connectivity index (χ1v) is 7.67. The molecule has 0 aliphatic carbocycles. The third-order valence-electron chi connectivity index (χ3n) is 3.88. The van der Waals surface area contributed by atoms with E-state index in [1.54, 1.807) is 16.4 Å². The monoisotopic (exact) mass is 340 g/mol. The van der Waals surface area contributed by atoms with Gasteiger partial charge in [0.15, 0.2) is 5.82 Å². The highest BCUT2D eigenvalue weighted by atomic mass is 35.5. The minimum atomic E-state index is -0.606. The van der Waals surface area contributed by atoms with Gasteiger partial charge in [-0.25, -0.2) is 8.78 Å². The van der Waals surface area contributed by atoms with Crippen LogP contribution in [0.2, 0.25) is 0 Å². The summed E-state index contributed by atoms with van der Waals surface area (Å²) >= 11 is 5.82. The number of aromatic nitrogens is 3. The predicted octanol–water partition coefficient (Wildman–Crippen LogP) is 2.12. The predicted molar refractivity (Wildman–Crippen MR) is 79.9 cm³/mol. The Bertz CT molecular complexity index is 727. The van der Waals surface area contributed by atoms with Gasteiger partial charge in [-0.15, -0.1) is 21.8 Å². The van der Waals surface area contributed by atoms with Crippen molar-refractivity contribution >= 4 is 17.5 Å². The van der Waals surface area contributed by atoms with Gasteiger partial charge in [0, 0.05) is 25.1 Å². The molecule has 5 nitrogen and oxygen atoms in total. The van der Waals surface area contributed by atoms with Crippen molar-refractivity contribution < 1.29 is 13.6 Å². The molecule has 1 aromatic carbocycles. The van der Waals surface area contributed by atoms with Gasteiger partial charge in [0.1, 0.15) is 22.8 Å².